The minimum atomic E-state index is -0.582. The summed E-state index contributed by atoms with van der Waals surface area (Å²) in [5.74, 6) is -0.450. The van der Waals surface area contributed by atoms with Crippen LogP contribution in [-0.2, 0) is 0 Å². The second-order valence-corrected chi connectivity index (χ2v) is 4.90. The molecule has 1 heterocycles. The first-order chi connectivity index (χ1) is 9.65. The van der Waals surface area contributed by atoms with Crippen LogP contribution >= 0.6 is 0 Å². The van der Waals surface area contributed by atoms with Gasteiger partial charge in [0.05, 0.1) is 17.7 Å². The molecule has 0 atom stereocenters. The first-order valence-electron chi connectivity index (χ1n) is 6.62. The Bertz CT molecular complexity index is 747. The van der Waals surface area contributed by atoms with Crippen LogP contribution in [0.15, 0.2) is 23.1 Å². The molecule has 1 saturated carbocycles. The van der Waals surface area contributed by atoms with E-state index >= 15 is 0 Å². The molecule has 0 saturated heterocycles. The van der Waals surface area contributed by atoms with Crippen molar-refractivity contribution in [1.29, 1.82) is 0 Å². The molecule has 1 aliphatic rings. The molecule has 20 heavy (non-hydrogen) atoms. The first kappa shape index (κ1) is 12.8. The zero-order valence-corrected chi connectivity index (χ0v) is 11.1. The molecule has 4 nitrogen and oxygen atoms in total. The van der Waals surface area contributed by atoms with Gasteiger partial charge in [0.2, 0.25) is 0 Å². The van der Waals surface area contributed by atoms with Crippen molar-refractivity contribution in [3.63, 3.8) is 0 Å². The highest BCUT2D eigenvalue weighted by molar-refractivity contribution is 5.87. The number of carbonyl (C=O) groups excluding carboxylic acids is 1. The lowest BCUT2D eigenvalue weighted by Gasteiger charge is -2.13. The van der Waals surface area contributed by atoms with E-state index < -0.39 is 11.2 Å². The van der Waals surface area contributed by atoms with E-state index in [0.29, 0.717) is 18.4 Å². The Labute approximate surface area is 114 Å². The van der Waals surface area contributed by atoms with Gasteiger partial charge in [-0.1, -0.05) is 0 Å². The second kappa shape index (κ2) is 4.74. The van der Waals surface area contributed by atoms with Crippen molar-refractivity contribution in [2.24, 2.45) is 0 Å². The van der Waals surface area contributed by atoms with Crippen LogP contribution in [0.1, 0.15) is 36.2 Å². The largest absolute Gasteiger partial charge is 0.491 e. The normalized spacial score (nSPS) is 14.5. The fourth-order valence-corrected chi connectivity index (χ4v) is 2.38. The molecule has 3 rings (SSSR count). The van der Waals surface area contributed by atoms with Crippen molar-refractivity contribution in [2.75, 3.05) is 6.61 Å². The number of hydrogen-bond acceptors (Lipinski definition) is 3. The van der Waals surface area contributed by atoms with Crippen LogP contribution < -0.4 is 10.2 Å². The standard InChI is InChI=1S/C15H14FNO3/c1-2-20-14-6-13-11(5-12(14)16)15(19)9(8-18)7-17(13)10-3-4-10/h5-8,10H,2-4H2,1H3. The number of pyridine rings is 1. The number of halogens is 1. The molecule has 1 aromatic heterocycles. The van der Waals surface area contributed by atoms with Gasteiger partial charge in [-0.3, -0.25) is 9.59 Å². The van der Waals surface area contributed by atoms with Crippen LogP contribution in [0.3, 0.4) is 0 Å². The average Bonchev–Trinajstić information content (AvgIpc) is 3.26. The number of carbonyl (C=O) groups is 1. The predicted molar refractivity (Wildman–Crippen MR) is 73.0 cm³/mol. The Morgan fingerprint density at radius 1 is 1.45 bits per heavy atom. The molecule has 0 spiro atoms. The number of aldehydes is 1. The summed E-state index contributed by atoms with van der Waals surface area (Å²) in [4.78, 5) is 23.1. The fraction of sp³-hybridized carbons (Fsp3) is 0.333. The van der Waals surface area contributed by atoms with Gasteiger partial charge >= 0.3 is 0 Å². The summed E-state index contributed by atoms with van der Waals surface area (Å²) in [5.41, 5.74) is 0.245. The first-order valence-corrected chi connectivity index (χ1v) is 6.62. The zero-order valence-electron chi connectivity index (χ0n) is 11.1. The summed E-state index contributed by atoms with van der Waals surface area (Å²) >= 11 is 0. The summed E-state index contributed by atoms with van der Waals surface area (Å²) in [5, 5.41) is 0.224. The molecule has 0 unspecified atom stereocenters. The molecule has 0 aliphatic heterocycles. The minimum absolute atomic E-state index is 0.0629. The molecule has 5 heteroatoms. The maximum absolute atomic E-state index is 13.9. The number of fused-ring (bicyclic) bond motifs is 1. The smallest absolute Gasteiger partial charge is 0.199 e. The number of ether oxygens (including phenoxy) is 1. The topological polar surface area (TPSA) is 48.3 Å². The van der Waals surface area contributed by atoms with Gasteiger partial charge in [0.25, 0.3) is 0 Å². The third-order valence-corrected chi connectivity index (χ3v) is 3.48. The van der Waals surface area contributed by atoms with Crippen molar-refractivity contribution in [2.45, 2.75) is 25.8 Å². The van der Waals surface area contributed by atoms with E-state index in [1.165, 1.54) is 0 Å². The van der Waals surface area contributed by atoms with Gasteiger partial charge in [0.15, 0.2) is 23.3 Å². The number of hydrogen-bond donors (Lipinski definition) is 0. The summed E-state index contributed by atoms with van der Waals surface area (Å²) in [6, 6.07) is 2.98. The van der Waals surface area contributed by atoms with E-state index in [9.17, 15) is 14.0 Å². The van der Waals surface area contributed by atoms with Crippen molar-refractivity contribution in [3.05, 3.63) is 39.9 Å². The van der Waals surface area contributed by atoms with Gasteiger partial charge in [0.1, 0.15) is 0 Å². The van der Waals surface area contributed by atoms with Crippen molar-refractivity contribution in [3.8, 4) is 5.75 Å². The molecule has 104 valence electrons. The Kier molecular flexibility index (Phi) is 3.04. The maximum Gasteiger partial charge on any atom is 0.199 e. The zero-order chi connectivity index (χ0) is 14.3. The lowest BCUT2D eigenvalue weighted by atomic mass is 10.1. The monoisotopic (exact) mass is 275 g/mol. The number of nitrogens with zero attached hydrogens (tertiary/aromatic N) is 1. The van der Waals surface area contributed by atoms with Crippen LogP contribution in [0.2, 0.25) is 0 Å². The molecule has 0 N–H and O–H groups in total. The molecular formula is C15H14FNO3. The summed E-state index contributed by atoms with van der Waals surface area (Å²) in [6.07, 6.45) is 4.08. The molecule has 0 amide bonds. The molecule has 1 fully saturated rings. The maximum atomic E-state index is 13.9. The van der Waals surface area contributed by atoms with Crippen molar-refractivity contribution in [1.82, 2.24) is 4.57 Å². The highest BCUT2D eigenvalue weighted by Gasteiger charge is 2.26. The van der Waals surface area contributed by atoms with E-state index in [2.05, 4.69) is 0 Å². The van der Waals surface area contributed by atoms with Gasteiger partial charge in [-0.25, -0.2) is 4.39 Å². The third kappa shape index (κ3) is 1.99. The van der Waals surface area contributed by atoms with Crippen LogP contribution in [0.4, 0.5) is 4.39 Å². The Hall–Kier alpha value is -2.17. The number of aromatic nitrogens is 1. The van der Waals surface area contributed by atoms with Gasteiger partial charge < -0.3 is 9.30 Å². The summed E-state index contributed by atoms with van der Waals surface area (Å²) < 4.78 is 21.0. The molecule has 1 aromatic carbocycles. The summed E-state index contributed by atoms with van der Waals surface area (Å²) in [7, 11) is 0. The van der Waals surface area contributed by atoms with E-state index in [0.717, 1.165) is 18.9 Å². The van der Waals surface area contributed by atoms with Gasteiger partial charge in [-0.2, -0.15) is 0 Å². The van der Waals surface area contributed by atoms with Crippen LogP contribution in [0.25, 0.3) is 10.9 Å². The van der Waals surface area contributed by atoms with Crippen LogP contribution in [0.5, 0.6) is 5.75 Å². The van der Waals surface area contributed by atoms with Crippen LogP contribution in [-0.4, -0.2) is 17.5 Å². The highest BCUT2D eigenvalue weighted by atomic mass is 19.1. The molecule has 1 aliphatic carbocycles. The minimum Gasteiger partial charge on any atom is -0.491 e. The van der Waals surface area contributed by atoms with Crippen molar-refractivity contribution < 1.29 is 13.9 Å². The van der Waals surface area contributed by atoms with Crippen molar-refractivity contribution >= 4 is 17.2 Å². The quantitative estimate of drug-likeness (QED) is 0.806. The Morgan fingerprint density at radius 2 is 2.20 bits per heavy atom. The molecule has 0 bridgehead atoms. The lowest BCUT2D eigenvalue weighted by molar-refractivity contribution is 0.112. The molecule has 2 aromatic rings. The lowest BCUT2D eigenvalue weighted by Crippen LogP contribution is -2.14. The molecular weight excluding hydrogens is 261 g/mol. The van der Waals surface area contributed by atoms with Gasteiger partial charge in [0, 0.05) is 23.7 Å². The SMILES string of the molecule is CCOc1cc2c(cc1F)c(=O)c(C=O)cn2C1CC1. The van der Waals surface area contributed by atoms with E-state index in [4.69, 9.17) is 4.74 Å². The van der Waals surface area contributed by atoms with Gasteiger partial charge in [-0.05, 0) is 25.8 Å². The second-order valence-electron chi connectivity index (χ2n) is 4.90. The average molecular weight is 275 g/mol. The van der Waals surface area contributed by atoms with Crippen LogP contribution in [0, 0.1) is 5.82 Å². The predicted octanol–water partition coefficient (Wildman–Crippen LogP) is 2.69. The van der Waals surface area contributed by atoms with E-state index in [1.807, 2.05) is 4.57 Å². The summed E-state index contributed by atoms with van der Waals surface area (Å²) in [6.45, 7) is 2.12. The number of benzene rings is 1. The highest BCUT2D eigenvalue weighted by Crippen LogP contribution is 2.37. The number of rotatable bonds is 4. The molecule has 0 radical (unpaired) electrons. The Balaban J connectivity index is 2.35. The van der Waals surface area contributed by atoms with E-state index in [-0.39, 0.29) is 22.7 Å². The van der Waals surface area contributed by atoms with E-state index in [1.54, 1.807) is 19.2 Å². The fourth-order valence-electron chi connectivity index (χ4n) is 2.38. The van der Waals surface area contributed by atoms with Gasteiger partial charge in [-0.15, -0.1) is 0 Å². The Morgan fingerprint density at radius 3 is 2.80 bits per heavy atom. The third-order valence-electron chi connectivity index (χ3n) is 3.48.